The number of aromatic nitrogens is 1. The summed E-state index contributed by atoms with van der Waals surface area (Å²) in [6.07, 6.45) is 2.48. The number of aromatic amines is 1. The highest BCUT2D eigenvalue weighted by Crippen LogP contribution is 2.49. The van der Waals surface area contributed by atoms with Crippen LogP contribution < -0.4 is 5.32 Å². The number of hydrogen-bond acceptors (Lipinski definition) is 5. The number of methoxy groups -OCH3 is 1. The summed E-state index contributed by atoms with van der Waals surface area (Å²) in [5.74, 6) is -0.174. The molecule has 4 atom stereocenters. The van der Waals surface area contributed by atoms with E-state index in [0.717, 1.165) is 42.0 Å². The molecule has 0 amide bonds. The molecule has 3 aromatic rings. The third-order valence-electron chi connectivity index (χ3n) is 7.37. The Hall–Kier alpha value is -2.38. The summed E-state index contributed by atoms with van der Waals surface area (Å²) in [7, 11) is 5.68. The molecule has 180 valence electrons. The molecule has 0 spiro atoms. The number of halogens is 1. The molecule has 2 aromatic carbocycles. The SMILES string of the molecule is COC(=O)[C@@H]1Cc2c([nH]c3ccccc23)[C@H]2C[C@@H](NCCN(C)C)C[C@@H](c3cccc(Cl)c3)N21. The van der Waals surface area contributed by atoms with Gasteiger partial charge >= 0.3 is 5.97 Å². The molecular weight excluding hydrogens is 448 g/mol. The molecule has 7 heteroatoms. The summed E-state index contributed by atoms with van der Waals surface area (Å²) in [4.78, 5) is 21.4. The van der Waals surface area contributed by atoms with Crippen LogP contribution in [0.4, 0.5) is 0 Å². The van der Waals surface area contributed by atoms with E-state index in [1.165, 1.54) is 23.8 Å². The molecule has 34 heavy (non-hydrogen) atoms. The molecule has 0 aliphatic carbocycles. The lowest BCUT2D eigenvalue weighted by molar-refractivity contribution is -0.152. The third-order valence-corrected chi connectivity index (χ3v) is 7.61. The van der Waals surface area contributed by atoms with Crippen LogP contribution in [-0.2, 0) is 16.0 Å². The molecule has 1 aromatic heterocycles. The van der Waals surface area contributed by atoms with Crippen molar-refractivity contribution in [2.24, 2.45) is 0 Å². The summed E-state index contributed by atoms with van der Waals surface area (Å²) >= 11 is 6.42. The largest absolute Gasteiger partial charge is 0.468 e. The van der Waals surface area contributed by atoms with Gasteiger partial charge in [-0.2, -0.15) is 0 Å². The summed E-state index contributed by atoms with van der Waals surface area (Å²) in [6.45, 7) is 1.90. The maximum atomic E-state index is 13.1. The van der Waals surface area contributed by atoms with Gasteiger partial charge in [0.2, 0.25) is 0 Å². The maximum absolute atomic E-state index is 13.1. The van der Waals surface area contributed by atoms with E-state index in [0.29, 0.717) is 12.5 Å². The summed E-state index contributed by atoms with van der Waals surface area (Å²) in [5, 5.41) is 5.71. The van der Waals surface area contributed by atoms with E-state index in [-0.39, 0.29) is 24.1 Å². The number of rotatable bonds is 6. The number of benzene rings is 2. The van der Waals surface area contributed by atoms with Gasteiger partial charge in [-0.1, -0.05) is 41.9 Å². The van der Waals surface area contributed by atoms with Crippen molar-refractivity contribution in [1.82, 2.24) is 20.1 Å². The topological polar surface area (TPSA) is 60.6 Å². The number of fused-ring (bicyclic) bond motifs is 5. The first-order valence-corrected chi connectivity index (χ1v) is 12.4. The van der Waals surface area contributed by atoms with Crippen LogP contribution in [0.1, 0.15) is 41.7 Å². The third kappa shape index (κ3) is 4.36. The molecule has 1 saturated heterocycles. The highest BCUT2D eigenvalue weighted by molar-refractivity contribution is 6.30. The number of H-pyrrole nitrogens is 1. The van der Waals surface area contributed by atoms with E-state index in [4.69, 9.17) is 16.3 Å². The van der Waals surface area contributed by atoms with Gasteiger partial charge in [0.05, 0.1) is 13.2 Å². The van der Waals surface area contributed by atoms with Crippen molar-refractivity contribution in [1.29, 1.82) is 0 Å². The quantitative estimate of drug-likeness (QED) is 0.514. The molecule has 2 N–H and O–H groups in total. The predicted molar refractivity (Wildman–Crippen MR) is 136 cm³/mol. The normalized spacial score (nSPS) is 24.7. The molecule has 5 rings (SSSR count). The van der Waals surface area contributed by atoms with Gasteiger partial charge in [-0.25, -0.2) is 0 Å². The van der Waals surface area contributed by atoms with Gasteiger partial charge in [-0.05, 0) is 56.3 Å². The van der Waals surface area contributed by atoms with Gasteiger partial charge in [0.25, 0.3) is 0 Å². The van der Waals surface area contributed by atoms with Gasteiger partial charge in [0.15, 0.2) is 0 Å². The van der Waals surface area contributed by atoms with E-state index in [1.54, 1.807) is 0 Å². The zero-order valence-electron chi connectivity index (χ0n) is 20.1. The lowest BCUT2D eigenvalue weighted by atomic mass is 9.79. The van der Waals surface area contributed by atoms with E-state index >= 15 is 0 Å². The van der Waals surface area contributed by atoms with E-state index in [1.807, 2.05) is 18.2 Å². The first kappa shape index (κ1) is 23.4. The van der Waals surface area contributed by atoms with Crippen LogP contribution in [0, 0.1) is 0 Å². The van der Waals surface area contributed by atoms with Crippen LogP contribution in [-0.4, -0.2) is 67.1 Å². The monoisotopic (exact) mass is 480 g/mol. The standard InChI is InChI=1S/C27H33ClN4O2/c1-31(2)12-11-29-19-14-23(17-7-6-8-18(28)13-17)32-24(15-19)26-21(16-25(32)27(33)34-3)20-9-4-5-10-22(20)30-26/h4-10,13,19,23-25,29-30H,11-12,14-16H2,1-3H3/t19-,23-,24+,25-/m0/s1. The molecule has 0 radical (unpaired) electrons. The Balaban J connectivity index is 1.60. The highest BCUT2D eigenvalue weighted by Gasteiger charge is 2.48. The van der Waals surface area contributed by atoms with E-state index in [2.05, 4.69) is 64.5 Å². The average Bonchev–Trinajstić information content (AvgIpc) is 3.21. The van der Waals surface area contributed by atoms with Crippen molar-refractivity contribution in [2.75, 3.05) is 34.3 Å². The zero-order valence-corrected chi connectivity index (χ0v) is 20.8. The Bertz CT molecular complexity index is 1180. The van der Waals surface area contributed by atoms with Crippen LogP contribution in [0.15, 0.2) is 48.5 Å². The number of para-hydroxylation sites is 1. The second-order valence-electron chi connectivity index (χ2n) is 9.77. The average molecular weight is 481 g/mol. The van der Waals surface area contributed by atoms with Crippen molar-refractivity contribution < 1.29 is 9.53 Å². The number of hydrogen-bond donors (Lipinski definition) is 2. The lowest BCUT2D eigenvalue weighted by Crippen LogP contribution is -2.56. The van der Waals surface area contributed by atoms with Crippen LogP contribution in [0.25, 0.3) is 10.9 Å². The fraction of sp³-hybridized carbons (Fsp3) is 0.444. The summed E-state index contributed by atoms with van der Waals surface area (Å²) < 4.78 is 5.33. The fourth-order valence-corrected chi connectivity index (χ4v) is 6.04. The smallest absolute Gasteiger partial charge is 0.323 e. The Kier molecular flexibility index (Phi) is 6.67. The number of nitrogens with zero attached hydrogens (tertiary/aromatic N) is 2. The Morgan fingerprint density at radius 2 is 1.97 bits per heavy atom. The fourth-order valence-electron chi connectivity index (χ4n) is 5.84. The molecule has 2 aliphatic heterocycles. The number of nitrogens with one attached hydrogen (secondary N) is 2. The highest BCUT2D eigenvalue weighted by atomic mass is 35.5. The number of esters is 1. The molecule has 0 bridgehead atoms. The van der Waals surface area contributed by atoms with Crippen molar-refractivity contribution in [3.8, 4) is 0 Å². The van der Waals surface area contributed by atoms with Crippen LogP contribution >= 0.6 is 11.6 Å². The first-order valence-electron chi connectivity index (χ1n) is 12.0. The minimum Gasteiger partial charge on any atom is -0.468 e. The Morgan fingerprint density at radius 1 is 1.18 bits per heavy atom. The Morgan fingerprint density at radius 3 is 2.74 bits per heavy atom. The Labute approximate surface area is 206 Å². The summed E-state index contributed by atoms with van der Waals surface area (Å²) in [6, 6.07) is 16.6. The van der Waals surface area contributed by atoms with Crippen LogP contribution in [0.5, 0.6) is 0 Å². The molecule has 0 saturated carbocycles. The van der Waals surface area contributed by atoms with Crippen molar-refractivity contribution in [3.63, 3.8) is 0 Å². The lowest BCUT2D eigenvalue weighted by Gasteiger charge is -2.50. The van der Waals surface area contributed by atoms with Gasteiger partial charge < -0.3 is 19.9 Å². The zero-order chi connectivity index (χ0) is 23.8. The molecular formula is C27H33ClN4O2. The van der Waals surface area contributed by atoms with Gasteiger partial charge in [-0.15, -0.1) is 0 Å². The molecule has 6 nitrogen and oxygen atoms in total. The summed E-state index contributed by atoms with van der Waals surface area (Å²) in [5.41, 5.74) is 4.74. The molecule has 0 unspecified atom stereocenters. The van der Waals surface area contributed by atoms with Crippen molar-refractivity contribution in [2.45, 2.75) is 43.4 Å². The van der Waals surface area contributed by atoms with Gasteiger partial charge in [-0.3, -0.25) is 9.69 Å². The minimum absolute atomic E-state index is 0.0537. The van der Waals surface area contributed by atoms with Crippen LogP contribution in [0.2, 0.25) is 5.02 Å². The second kappa shape index (κ2) is 9.70. The van der Waals surface area contributed by atoms with Gasteiger partial charge in [0.1, 0.15) is 6.04 Å². The maximum Gasteiger partial charge on any atom is 0.323 e. The van der Waals surface area contributed by atoms with E-state index in [9.17, 15) is 4.79 Å². The number of piperidine rings is 1. The second-order valence-corrected chi connectivity index (χ2v) is 10.2. The first-order chi connectivity index (χ1) is 16.5. The minimum atomic E-state index is -0.339. The molecule has 1 fully saturated rings. The number of likely N-dealkylation sites (N-methyl/N-ethyl adjacent to an activating group) is 1. The van der Waals surface area contributed by atoms with Crippen molar-refractivity contribution in [3.05, 3.63) is 70.4 Å². The number of carbonyl (C=O) groups is 1. The number of ether oxygens (including phenoxy) is 1. The number of carbonyl (C=O) groups excluding carboxylic acids is 1. The van der Waals surface area contributed by atoms with Crippen LogP contribution in [0.3, 0.4) is 0 Å². The van der Waals surface area contributed by atoms with Crippen molar-refractivity contribution >= 4 is 28.5 Å². The van der Waals surface area contributed by atoms with Gasteiger partial charge in [0, 0.05) is 53.2 Å². The predicted octanol–water partition coefficient (Wildman–Crippen LogP) is 4.32. The van der Waals surface area contributed by atoms with E-state index < -0.39 is 0 Å². The molecule has 2 aliphatic rings. The molecule has 3 heterocycles.